The van der Waals surface area contributed by atoms with Gasteiger partial charge in [-0.2, -0.15) is 0 Å². The quantitative estimate of drug-likeness (QED) is 0.638. The van der Waals surface area contributed by atoms with Crippen molar-refractivity contribution in [3.8, 4) is 0 Å². The maximum Gasteiger partial charge on any atom is 0.188 e. The largest absolute Gasteiger partial charge is 0.370 e. The maximum atomic E-state index is 5.89. The van der Waals surface area contributed by atoms with Crippen molar-refractivity contribution in [3.63, 3.8) is 0 Å². The van der Waals surface area contributed by atoms with Crippen molar-refractivity contribution < 1.29 is 0 Å². The summed E-state index contributed by atoms with van der Waals surface area (Å²) >= 11 is 1.78. The molecule has 2 rings (SSSR count). The molecule has 0 amide bonds. The molecule has 1 aliphatic rings. The van der Waals surface area contributed by atoms with Gasteiger partial charge >= 0.3 is 0 Å². The van der Waals surface area contributed by atoms with Gasteiger partial charge in [0.05, 0.1) is 0 Å². The van der Waals surface area contributed by atoms with E-state index >= 15 is 0 Å². The Kier molecular flexibility index (Phi) is 4.86. The Morgan fingerprint density at radius 3 is 2.94 bits per heavy atom. The lowest BCUT2D eigenvalue weighted by Gasteiger charge is -2.23. The minimum atomic E-state index is 0.550. The molecule has 1 heterocycles. The van der Waals surface area contributed by atoms with Crippen LogP contribution in [0.3, 0.4) is 0 Å². The van der Waals surface area contributed by atoms with Gasteiger partial charge in [0, 0.05) is 23.9 Å². The van der Waals surface area contributed by atoms with Crippen molar-refractivity contribution in [2.75, 3.05) is 6.54 Å². The number of nitrogens with zero attached hydrogens (tertiary/aromatic N) is 1. The highest BCUT2D eigenvalue weighted by molar-refractivity contribution is 7.09. The number of guanidine groups is 1. The number of hydrogen-bond donors (Lipinski definition) is 2. The second-order valence-corrected chi connectivity index (χ2v) is 5.61. The molecule has 4 heteroatoms. The first-order valence-corrected chi connectivity index (χ1v) is 7.31. The van der Waals surface area contributed by atoms with E-state index < -0.39 is 0 Å². The third kappa shape index (κ3) is 4.38. The summed E-state index contributed by atoms with van der Waals surface area (Å²) in [6, 6.07) is 4.77. The first-order valence-electron chi connectivity index (χ1n) is 6.43. The number of hydrogen-bond acceptors (Lipinski definition) is 2. The number of rotatable bonds is 4. The van der Waals surface area contributed by atoms with Gasteiger partial charge in [-0.1, -0.05) is 25.3 Å². The number of nitrogens with one attached hydrogen (secondary N) is 1. The molecule has 1 aromatic rings. The molecule has 3 nitrogen and oxygen atoms in total. The summed E-state index contributed by atoms with van der Waals surface area (Å²) in [5.74, 6) is 0.619. The van der Waals surface area contributed by atoms with Crippen LogP contribution in [-0.4, -0.2) is 18.5 Å². The molecule has 1 fully saturated rings. The molecule has 0 radical (unpaired) electrons. The zero-order valence-corrected chi connectivity index (χ0v) is 11.0. The third-order valence-corrected chi connectivity index (χ3v) is 4.11. The van der Waals surface area contributed by atoms with Crippen LogP contribution in [0.2, 0.25) is 0 Å². The molecule has 0 unspecified atom stereocenters. The topological polar surface area (TPSA) is 50.4 Å². The maximum absolute atomic E-state index is 5.89. The van der Waals surface area contributed by atoms with Gasteiger partial charge in [0.25, 0.3) is 0 Å². The lowest BCUT2D eigenvalue weighted by molar-refractivity contribution is 0.412. The Morgan fingerprint density at radius 1 is 1.41 bits per heavy atom. The van der Waals surface area contributed by atoms with Crippen molar-refractivity contribution in [1.82, 2.24) is 5.32 Å². The molecule has 0 aromatic carbocycles. The summed E-state index contributed by atoms with van der Waals surface area (Å²) in [7, 11) is 0. The highest BCUT2D eigenvalue weighted by Gasteiger charge is 2.12. The van der Waals surface area contributed by atoms with Crippen LogP contribution < -0.4 is 11.1 Å². The van der Waals surface area contributed by atoms with Crippen molar-refractivity contribution in [2.24, 2.45) is 10.7 Å². The Bertz CT molecular complexity index is 340. The summed E-state index contributed by atoms with van der Waals surface area (Å²) in [6.07, 6.45) is 7.47. The van der Waals surface area contributed by atoms with E-state index in [0.29, 0.717) is 12.0 Å². The molecule has 0 spiro atoms. The Morgan fingerprint density at radius 2 is 2.24 bits per heavy atom. The molecule has 1 aromatic heterocycles. The van der Waals surface area contributed by atoms with E-state index in [2.05, 4.69) is 27.8 Å². The van der Waals surface area contributed by atoms with Gasteiger partial charge in [-0.25, -0.2) is 0 Å². The molecular weight excluding hydrogens is 230 g/mol. The Labute approximate surface area is 107 Å². The first kappa shape index (κ1) is 12.4. The molecule has 94 valence electrons. The van der Waals surface area contributed by atoms with Crippen molar-refractivity contribution in [2.45, 2.75) is 44.6 Å². The summed E-state index contributed by atoms with van der Waals surface area (Å²) in [4.78, 5) is 5.76. The van der Waals surface area contributed by atoms with E-state index in [0.717, 1.165) is 13.0 Å². The fraction of sp³-hybridized carbons (Fsp3) is 0.615. The number of nitrogens with two attached hydrogens (primary N) is 1. The summed E-state index contributed by atoms with van der Waals surface area (Å²) in [5, 5.41) is 5.43. The van der Waals surface area contributed by atoms with Gasteiger partial charge in [0.2, 0.25) is 0 Å². The summed E-state index contributed by atoms with van der Waals surface area (Å²) in [5.41, 5.74) is 5.89. The van der Waals surface area contributed by atoms with Crippen LogP contribution in [0.4, 0.5) is 0 Å². The second-order valence-electron chi connectivity index (χ2n) is 4.58. The first-order chi connectivity index (χ1) is 8.34. The minimum absolute atomic E-state index is 0.550. The SMILES string of the molecule is NC(=NCCc1cccs1)NC1CCCCC1. The van der Waals surface area contributed by atoms with Crippen LogP contribution in [0.15, 0.2) is 22.5 Å². The van der Waals surface area contributed by atoms with Crippen LogP contribution in [0.25, 0.3) is 0 Å². The normalized spacial score (nSPS) is 18.2. The summed E-state index contributed by atoms with van der Waals surface area (Å²) in [6.45, 7) is 0.784. The number of aliphatic imine (C=N–C) groups is 1. The average Bonchev–Trinajstić information content (AvgIpc) is 2.83. The number of thiophene rings is 1. The summed E-state index contributed by atoms with van der Waals surface area (Å²) < 4.78 is 0. The fourth-order valence-corrected chi connectivity index (χ4v) is 2.94. The molecule has 3 N–H and O–H groups in total. The predicted octanol–water partition coefficient (Wildman–Crippen LogP) is 2.53. The van der Waals surface area contributed by atoms with Gasteiger partial charge in [-0.05, 0) is 24.3 Å². The highest BCUT2D eigenvalue weighted by Crippen LogP contribution is 2.17. The molecule has 17 heavy (non-hydrogen) atoms. The monoisotopic (exact) mass is 251 g/mol. The fourth-order valence-electron chi connectivity index (χ4n) is 2.24. The van der Waals surface area contributed by atoms with Gasteiger partial charge in [-0.3, -0.25) is 4.99 Å². The van der Waals surface area contributed by atoms with Crippen LogP contribution in [0.5, 0.6) is 0 Å². The van der Waals surface area contributed by atoms with E-state index in [9.17, 15) is 0 Å². The molecule has 0 atom stereocenters. The van der Waals surface area contributed by atoms with Crippen LogP contribution in [0.1, 0.15) is 37.0 Å². The standard InChI is InChI=1S/C13H21N3S/c14-13(16-11-5-2-1-3-6-11)15-9-8-12-7-4-10-17-12/h4,7,10-11H,1-3,5-6,8-9H2,(H3,14,15,16). The van der Waals surface area contributed by atoms with E-state index in [1.54, 1.807) is 11.3 Å². The van der Waals surface area contributed by atoms with Crippen molar-refractivity contribution in [3.05, 3.63) is 22.4 Å². The average molecular weight is 251 g/mol. The molecule has 0 saturated heterocycles. The van der Waals surface area contributed by atoms with Gasteiger partial charge in [-0.15, -0.1) is 11.3 Å². The van der Waals surface area contributed by atoms with Gasteiger partial charge in [0.1, 0.15) is 0 Å². The van der Waals surface area contributed by atoms with Crippen LogP contribution in [-0.2, 0) is 6.42 Å². The Hall–Kier alpha value is -1.03. The van der Waals surface area contributed by atoms with Gasteiger partial charge in [0.15, 0.2) is 5.96 Å². The third-order valence-electron chi connectivity index (χ3n) is 3.18. The molecule has 0 aliphatic heterocycles. The van der Waals surface area contributed by atoms with E-state index in [1.165, 1.54) is 37.0 Å². The molecule has 1 saturated carbocycles. The van der Waals surface area contributed by atoms with E-state index in [-0.39, 0.29) is 0 Å². The lowest BCUT2D eigenvalue weighted by atomic mass is 9.96. The Balaban J connectivity index is 1.69. The van der Waals surface area contributed by atoms with Crippen molar-refractivity contribution >= 4 is 17.3 Å². The zero-order valence-electron chi connectivity index (χ0n) is 10.2. The van der Waals surface area contributed by atoms with Gasteiger partial charge < -0.3 is 11.1 Å². The lowest BCUT2D eigenvalue weighted by Crippen LogP contribution is -2.41. The molecular formula is C13H21N3S. The molecule has 1 aliphatic carbocycles. The van der Waals surface area contributed by atoms with E-state index in [1.807, 2.05) is 0 Å². The highest BCUT2D eigenvalue weighted by atomic mass is 32.1. The van der Waals surface area contributed by atoms with Crippen LogP contribution in [0, 0.1) is 0 Å². The van der Waals surface area contributed by atoms with Crippen LogP contribution >= 0.6 is 11.3 Å². The predicted molar refractivity (Wildman–Crippen MR) is 74.5 cm³/mol. The van der Waals surface area contributed by atoms with E-state index in [4.69, 9.17) is 5.73 Å². The minimum Gasteiger partial charge on any atom is -0.370 e. The zero-order chi connectivity index (χ0) is 11.9. The molecule has 0 bridgehead atoms. The van der Waals surface area contributed by atoms with Crippen molar-refractivity contribution in [1.29, 1.82) is 0 Å². The second kappa shape index (κ2) is 6.64. The smallest absolute Gasteiger partial charge is 0.188 e.